The van der Waals surface area contributed by atoms with Crippen LogP contribution in [0, 0.1) is 12.7 Å². The summed E-state index contributed by atoms with van der Waals surface area (Å²) in [6.07, 6.45) is 1.98. The summed E-state index contributed by atoms with van der Waals surface area (Å²) in [4.78, 5) is 0. The first-order valence-electron chi connectivity index (χ1n) is 12.5. The van der Waals surface area contributed by atoms with Crippen LogP contribution in [0.3, 0.4) is 0 Å². The lowest BCUT2D eigenvalue weighted by molar-refractivity contribution is -0.694. The third kappa shape index (κ3) is 9.41. The summed E-state index contributed by atoms with van der Waals surface area (Å²) in [5.41, 5.74) is 0.751. The molecule has 0 bridgehead atoms. The highest BCUT2D eigenvalue weighted by Crippen LogP contribution is 2.48. The molecule has 0 N–H and O–H groups in total. The van der Waals surface area contributed by atoms with Gasteiger partial charge in [-0.05, 0) is 37.5 Å². The molecule has 0 spiro atoms. The predicted octanol–water partition coefficient (Wildman–Crippen LogP) is 5.02. The first-order chi connectivity index (χ1) is 17.3. The maximum atomic E-state index is 13.6. The molecule has 0 saturated carbocycles. The molecule has 1 aromatic heterocycles. The molecule has 1 heterocycles. The lowest BCUT2D eigenvalue weighted by Crippen LogP contribution is -3.00. The molecule has 38 heavy (non-hydrogen) atoms. The number of hydrogen-bond donors (Lipinski definition) is 0. The van der Waals surface area contributed by atoms with Crippen molar-refractivity contribution >= 4 is 0 Å². The molecule has 0 saturated heterocycles. The molecule has 0 atom stereocenters. The van der Waals surface area contributed by atoms with Gasteiger partial charge in [0.2, 0.25) is 0 Å². The van der Waals surface area contributed by atoms with Crippen molar-refractivity contribution in [2.45, 2.75) is 102 Å². The largest absolute Gasteiger partial charge is 1.00 e. The Hall–Kier alpha value is -1.85. The number of rotatable bonds is 16. The summed E-state index contributed by atoms with van der Waals surface area (Å²) in [5, 5.41) is 0. The maximum Gasteiger partial charge on any atom is 0.459 e. The van der Waals surface area contributed by atoms with Crippen LogP contribution in [0.15, 0.2) is 30.6 Å². The average molecular weight is 623 g/mol. The van der Waals surface area contributed by atoms with E-state index in [-0.39, 0.29) is 35.6 Å². The van der Waals surface area contributed by atoms with Crippen LogP contribution in [0.25, 0.3) is 0 Å². The van der Waals surface area contributed by atoms with Crippen molar-refractivity contribution in [3.05, 3.63) is 47.8 Å². The van der Waals surface area contributed by atoms with E-state index in [1.807, 2.05) is 23.9 Å². The number of aryl methyl sites for hydroxylation is 1. The summed E-state index contributed by atoms with van der Waals surface area (Å²) < 4.78 is 112. The fourth-order valence-electron chi connectivity index (χ4n) is 4.23. The van der Waals surface area contributed by atoms with E-state index in [1.54, 1.807) is 13.2 Å². The first kappa shape index (κ1) is 34.2. The summed E-state index contributed by atoms with van der Waals surface area (Å²) in [7, 11) is 1.55. The number of benzene rings is 1. The number of alkyl halides is 7. The molecule has 0 amide bonds. The maximum absolute atomic E-state index is 13.6. The normalized spacial score (nSPS) is 12.5. The van der Waals surface area contributed by atoms with E-state index in [0.717, 1.165) is 56.5 Å². The minimum Gasteiger partial charge on any atom is -1.00 e. The van der Waals surface area contributed by atoms with Gasteiger partial charge in [-0.2, -0.15) is 30.7 Å². The van der Waals surface area contributed by atoms with Crippen LogP contribution in [0.1, 0.15) is 75.6 Å². The Labute approximate surface area is 228 Å². The zero-order valence-corrected chi connectivity index (χ0v) is 23.2. The van der Waals surface area contributed by atoms with E-state index >= 15 is 0 Å². The number of nitrogens with zero attached hydrogens (tertiary/aromatic N) is 2. The summed E-state index contributed by atoms with van der Waals surface area (Å²) >= 11 is 0. The summed E-state index contributed by atoms with van der Waals surface area (Å²) in [5.74, 6) is -9.75. The van der Waals surface area contributed by atoms with Crippen molar-refractivity contribution in [1.82, 2.24) is 4.57 Å². The van der Waals surface area contributed by atoms with Crippen LogP contribution in [0.4, 0.5) is 35.1 Å². The monoisotopic (exact) mass is 622 g/mol. The minimum absolute atomic E-state index is 0. The number of halogens is 9. The second-order valence-electron chi connectivity index (χ2n) is 9.33. The zero-order chi connectivity index (χ0) is 27.7. The standard InChI is InChI=1S/C26H35F8N2O.BrH/c1-20-35(16-17-36(20)19-21-18-22(27)12-13-23(21)37-2)15-11-9-7-5-3-4-6-8-10-14-24(28,29)25(30,31)26(32,33)34;/h12-13,16-18H,3-11,14-15,19H2,1-2H3;1H/q+1;/p-1. The summed E-state index contributed by atoms with van der Waals surface area (Å²) in [6.45, 7) is 3.31. The van der Waals surface area contributed by atoms with Gasteiger partial charge in [0, 0.05) is 18.9 Å². The lowest BCUT2D eigenvalue weighted by atomic mass is 10.0. The van der Waals surface area contributed by atoms with E-state index in [9.17, 15) is 35.1 Å². The molecule has 218 valence electrons. The van der Waals surface area contributed by atoms with Gasteiger partial charge in [0.05, 0.1) is 13.7 Å². The van der Waals surface area contributed by atoms with Crippen LogP contribution in [-0.4, -0.2) is 29.7 Å². The smallest absolute Gasteiger partial charge is 0.459 e. The number of unbranched alkanes of at least 4 members (excludes halogenated alkanes) is 8. The van der Waals surface area contributed by atoms with Gasteiger partial charge in [-0.25, -0.2) is 13.5 Å². The predicted molar refractivity (Wildman–Crippen MR) is 124 cm³/mol. The molecular formula is C26H35BrF8N2O. The van der Waals surface area contributed by atoms with Crippen molar-refractivity contribution in [3.8, 4) is 5.75 Å². The highest BCUT2D eigenvalue weighted by Gasteiger charge is 2.72. The van der Waals surface area contributed by atoms with E-state index in [4.69, 9.17) is 4.74 Å². The Balaban J connectivity index is 0.00000722. The Bertz CT molecular complexity index is 979. The van der Waals surface area contributed by atoms with E-state index in [1.165, 1.54) is 12.1 Å². The average Bonchev–Trinajstić information content (AvgIpc) is 3.15. The molecule has 2 rings (SSSR count). The molecule has 0 aliphatic heterocycles. The molecule has 0 aliphatic rings. The van der Waals surface area contributed by atoms with Crippen LogP contribution in [0.2, 0.25) is 0 Å². The van der Waals surface area contributed by atoms with Crippen molar-refractivity contribution in [2.24, 2.45) is 0 Å². The topological polar surface area (TPSA) is 18.0 Å². The quantitative estimate of drug-likeness (QED) is 0.146. The van der Waals surface area contributed by atoms with Crippen LogP contribution < -0.4 is 26.3 Å². The third-order valence-electron chi connectivity index (χ3n) is 6.55. The van der Waals surface area contributed by atoms with Gasteiger partial charge in [0.15, 0.2) is 0 Å². The van der Waals surface area contributed by atoms with E-state index in [0.29, 0.717) is 18.7 Å². The fraction of sp³-hybridized carbons (Fsp3) is 0.654. The van der Waals surface area contributed by atoms with Gasteiger partial charge >= 0.3 is 18.0 Å². The Morgan fingerprint density at radius 3 is 1.95 bits per heavy atom. The molecule has 1 aromatic carbocycles. The third-order valence-corrected chi connectivity index (χ3v) is 6.55. The summed E-state index contributed by atoms with van der Waals surface area (Å²) in [6, 6.07) is 4.43. The van der Waals surface area contributed by atoms with E-state index in [2.05, 4.69) is 4.57 Å². The second kappa shape index (κ2) is 15.1. The van der Waals surface area contributed by atoms with Gasteiger partial charge < -0.3 is 21.7 Å². The molecule has 3 nitrogen and oxygen atoms in total. The minimum atomic E-state index is -6.26. The van der Waals surface area contributed by atoms with Crippen molar-refractivity contribution in [2.75, 3.05) is 7.11 Å². The number of methoxy groups -OCH3 is 1. The van der Waals surface area contributed by atoms with Crippen molar-refractivity contribution < 1.29 is 61.4 Å². The fourth-order valence-corrected chi connectivity index (χ4v) is 4.23. The molecule has 2 aromatic rings. The molecule has 12 heteroatoms. The highest BCUT2D eigenvalue weighted by molar-refractivity contribution is 5.33. The SMILES string of the molecule is COc1ccc(F)cc1C[n+]1ccn(CCCCCCCCCCCC(F)(F)C(F)(F)C(F)(F)F)c1C.[Br-]. The lowest BCUT2D eigenvalue weighted by Gasteiger charge is -2.28. The van der Waals surface area contributed by atoms with E-state index < -0.39 is 24.4 Å². The molecule has 0 radical (unpaired) electrons. The molecule has 0 unspecified atom stereocenters. The number of ether oxygens (including phenoxy) is 1. The zero-order valence-electron chi connectivity index (χ0n) is 21.6. The van der Waals surface area contributed by atoms with Gasteiger partial charge in [-0.15, -0.1) is 0 Å². The van der Waals surface area contributed by atoms with Crippen molar-refractivity contribution in [1.29, 1.82) is 0 Å². The van der Waals surface area contributed by atoms with Gasteiger partial charge in [-0.1, -0.05) is 38.5 Å². The van der Waals surface area contributed by atoms with Crippen LogP contribution >= 0.6 is 0 Å². The number of imidazole rings is 1. The van der Waals surface area contributed by atoms with Gasteiger partial charge in [0.1, 0.15) is 30.5 Å². The van der Waals surface area contributed by atoms with Crippen LogP contribution in [-0.2, 0) is 13.1 Å². The Morgan fingerprint density at radius 1 is 0.842 bits per heavy atom. The van der Waals surface area contributed by atoms with Gasteiger partial charge in [-0.3, -0.25) is 0 Å². The molecular weight excluding hydrogens is 588 g/mol. The Morgan fingerprint density at radius 2 is 1.39 bits per heavy atom. The first-order valence-corrected chi connectivity index (χ1v) is 12.5. The number of aromatic nitrogens is 2. The highest BCUT2D eigenvalue weighted by atomic mass is 79.9. The second-order valence-corrected chi connectivity index (χ2v) is 9.33. The van der Waals surface area contributed by atoms with Crippen molar-refractivity contribution in [3.63, 3.8) is 0 Å². The molecule has 0 fully saturated rings. The molecule has 0 aliphatic carbocycles. The number of hydrogen-bond acceptors (Lipinski definition) is 1. The van der Waals surface area contributed by atoms with Crippen LogP contribution in [0.5, 0.6) is 5.75 Å². The van der Waals surface area contributed by atoms with Gasteiger partial charge in [0.25, 0.3) is 5.82 Å². The Kier molecular flexibility index (Phi) is 13.6.